The van der Waals surface area contributed by atoms with Gasteiger partial charge in [0.25, 0.3) is 5.91 Å². The third kappa shape index (κ3) is 7.56. The topological polar surface area (TPSA) is 223 Å². The number of hydrogen-bond donors (Lipinski definition) is 6. The molecule has 0 aliphatic carbocycles. The number of nitrogens with one attached hydrogen (secondary N) is 3. The van der Waals surface area contributed by atoms with Gasteiger partial charge in [0, 0.05) is 12.1 Å². The maximum absolute atomic E-state index is 13.9. The molecule has 0 bridgehead atoms. The molecule has 14 heteroatoms. The summed E-state index contributed by atoms with van der Waals surface area (Å²) in [7, 11) is 0. The van der Waals surface area contributed by atoms with E-state index in [0.29, 0.717) is 21.6 Å². The average molecular weight is 609 g/mol. The SMILES string of the molecule is CC(C)C[C@H](NC(=O)[C@H](CC(=O)O)NC(=O)CN1C(=O)N(Cc2ccccc2)C(C)(c2ccc(C(=N)N)cc2)C1=O)C(=O)O. The van der Waals surface area contributed by atoms with Crippen LogP contribution in [0.3, 0.4) is 0 Å². The van der Waals surface area contributed by atoms with Crippen molar-refractivity contribution in [2.45, 2.75) is 57.8 Å². The minimum absolute atomic E-state index is 0.00493. The van der Waals surface area contributed by atoms with Gasteiger partial charge in [0.1, 0.15) is 30.0 Å². The molecule has 0 radical (unpaired) electrons. The number of carbonyl (C=O) groups is 6. The Labute approximate surface area is 253 Å². The van der Waals surface area contributed by atoms with Crippen molar-refractivity contribution in [1.82, 2.24) is 20.4 Å². The lowest BCUT2D eigenvalue weighted by Gasteiger charge is -2.32. The van der Waals surface area contributed by atoms with E-state index in [2.05, 4.69) is 10.6 Å². The lowest BCUT2D eigenvalue weighted by molar-refractivity contribution is -0.144. The molecule has 0 saturated carbocycles. The number of urea groups is 1. The van der Waals surface area contributed by atoms with Crippen molar-refractivity contribution < 1.29 is 39.0 Å². The Balaban J connectivity index is 1.88. The number of aliphatic carboxylic acids is 2. The molecule has 14 nitrogen and oxygen atoms in total. The van der Waals surface area contributed by atoms with Gasteiger partial charge in [0.15, 0.2) is 0 Å². The van der Waals surface area contributed by atoms with Crippen molar-refractivity contribution in [3.05, 3.63) is 71.3 Å². The zero-order valence-corrected chi connectivity index (χ0v) is 24.6. The predicted molar refractivity (Wildman–Crippen MR) is 157 cm³/mol. The number of imide groups is 1. The van der Waals surface area contributed by atoms with Crippen molar-refractivity contribution >= 4 is 41.5 Å². The highest BCUT2D eigenvalue weighted by Crippen LogP contribution is 2.38. The maximum atomic E-state index is 13.9. The fraction of sp³-hybridized carbons (Fsp3) is 0.367. The fourth-order valence-electron chi connectivity index (χ4n) is 4.92. The molecule has 1 fully saturated rings. The van der Waals surface area contributed by atoms with Gasteiger partial charge in [-0.25, -0.2) is 9.59 Å². The zero-order chi connectivity index (χ0) is 32.8. The largest absolute Gasteiger partial charge is 0.481 e. The van der Waals surface area contributed by atoms with Gasteiger partial charge in [0.05, 0.1) is 6.42 Å². The zero-order valence-electron chi connectivity index (χ0n) is 24.6. The number of amidine groups is 1. The van der Waals surface area contributed by atoms with Gasteiger partial charge < -0.3 is 31.5 Å². The number of hydrogen-bond acceptors (Lipinski definition) is 7. The summed E-state index contributed by atoms with van der Waals surface area (Å²) in [6.45, 7) is 4.19. The van der Waals surface area contributed by atoms with Crippen LogP contribution in [-0.4, -0.2) is 80.2 Å². The number of benzene rings is 2. The smallest absolute Gasteiger partial charge is 0.328 e. The summed E-state index contributed by atoms with van der Waals surface area (Å²) in [5, 5.41) is 30.9. The van der Waals surface area contributed by atoms with Crippen LogP contribution in [0.5, 0.6) is 0 Å². The van der Waals surface area contributed by atoms with Gasteiger partial charge in [-0.05, 0) is 30.4 Å². The van der Waals surface area contributed by atoms with Gasteiger partial charge in [-0.1, -0.05) is 68.4 Å². The number of nitrogens with two attached hydrogens (primary N) is 1. The van der Waals surface area contributed by atoms with Gasteiger partial charge in [-0.15, -0.1) is 0 Å². The van der Waals surface area contributed by atoms with E-state index in [1.807, 2.05) is 0 Å². The molecule has 0 aromatic heterocycles. The van der Waals surface area contributed by atoms with Crippen LogP contribution in [0.15, 0.2) is 54.6 Å². The Morgan fingerprint density at radius 2 is 1.57 bits per heavy atom. The molecule has 1 unspecified atom stereocenters. The standard InChI is InChI=1S/C30H36N6O8/c1-17(2)13-22(27(41)42)34-26(40)21(14-24(38)39)33-23(37)16-35-28(43)30(3,20-11-9-19(10-12-20)25(31)32)36(29(35)44)15-18-7-5-4-6-8-18/h4-12,17,21-22H,13-16H2,1-3H3,(H3,31,32)(H,33,37)(H,34,40)(H,38,39)(H,41,42)/t21-,22-,30?/m0/s1. The second-order valence-electron chi connectivity index (χ2n) is 11.1. The molecule has 7 N–H and O–H groups in total. The number of rotatable bonds is 14. The first-order valence-electron chi connectivity index (χ1n) is 13.8. The Hall–Kier alpha value is -5.27. The Morgan fingerprint density at radius 3 is 2.09 bits per heavy atom. The highest BCUT2D eigenvalue weighted by atomic mass is 16.4. The van der Waals surface area contributed by atoms with Crippen LogP contribution in [0.25, 0.3) is 0 Å². The quantitative estimate of drug-likeness (QED) is 0.103. The maximum Gasteiger partial charge on any atom is 0.328 e. The van der Waals surface area contributed by atoms with Crippen molar-refractivity contribution in [2.24, 2.45) is 11.7 Å². The summed E-state index contributed by atoms with van der Waals surface area (Å²) in [5.74, 6) is -5.84. The number of carboxylic acids is 2. The molecule has 1 saturated heterocycles. The summed E-state index contributed by atoms with van der Waals surface area (Å²) in [4.78, 5) is 78.7. The van der Waals surface area contributed by atoms with Crippen molar-refractivity contribution in [1.29, 1.82) is 5.41 Å². The summed E-state index contributed by atoms with van der Waals surface area (Å²) < 4.78 is 0. The minimum Gasteiger partial charge on any atom is -0.481 e. The van der Waals surface area contributed by atoms with E-state index in [1.54, 1.807) is 56.3 Å². The first kappa shape index (κ1) is 33.2. The number of nitrogens with zero attached hydrogens (tertiary/aromatic N) is 2. The third-order valence-corrected chi connectivity index (χ3v) is 7.26. The van der Waals surface area contributed by atoms with E-state index in [4.69, 9.17) is 11.1 Å². The number of carbonyl (C=O) groups excluding carboxylic acids is 4. The highest BCUT2D eigenvalue weighted by molar-refractivity contribution is 6.09. The van der Waals surface area contributed by atoms with Crippen molar-refractivity contribution in [3.63, 3.8) is 0 Å². The summed E-state index contributed by atoms with van der Waals surface area (Å²) in [5.41, 5.74) is 5.49. The molecule has 2 aromatic carbocycles. The Morgan fingerprint density at radius 1 is 0.955 bits per heavy atom. The molecular weight excluding hydrogens is 572 g/mol. The molecule has 0 spiro atoms. The average Bonchev–Trinajstić information content (AvgIpc) is 3.13. The van der Waals surface area contributed by atoms with E-state index in [9.17, 15) is 39.0 Å². The van der Waals surface area contributed by atoms with Gasteiger partial charge >= 0.3 is 18.0 Å². The molecule has 3 rings (SSSR count). The molecule has 2 aromatic rings. The Kier molecular flexibility index (Phi) is 10.4. The lowest BCUT2D eigenvalue weighted by atomic mass is 9.89. The molecule has 1 heterocycles. The fourth-order valence-corrected chi connectivity index (χ4v) is 4.92. The third-order valence-electron chi connectivity index (χ3n) is 7.26. The molecule has 1 aliphatic heterocycles. The normalized spacial score (nSPS) is 17.7. The van der Waals surface area contributed by atoms with Gasteiger partial charge in [-0.3, -0.25) is 29.5 Å². The van der Waals surface area contributed by atoms with Gasteiger partial charge in [0.2, 0.25) is 11.8 Å². The van der Waals surface area contributed by atoms with E-state index in [0.717, 1.165) is 0 Å². The first-order valence-corrected chi connectivity index (χ1v) is 13.8. The van der Waals surface area contributed by atoms with Crippen LogP contribution in [-0.2, 0) is 36.1 Å². The minimum atomic E-state index is -1.67. The highest BCUT2D eigenvalue weighted by Gasteiger charge is 2.55. The predicted octanol–water partition coefficient (Wildman–Crippen LogP) is 1.23. The second kappa shape index (κ2) is 13.8. The number of nitrogen functional groups attached to an aromatic ring is 1. The summed E-state index contributed by atoms with van der Waals surface area (Å²) in [6.07, 6.45) is -0.803. The van der Waals surface area contributed by atoms with Crippen LogP contribution in [0.4, 0.5) is 4.79 Å². The van der Waals surface area contributed by atoms with Gasteiger partial charge in [-0.2, -0.15) is 0 Å². The number of amides is 5. The lowest BCUT2D eigenvalue weighted by Crippen LogP contribution is -2.54. The number of carboxylic acid groups (broad SMARTS) is 2. The monoisotopic (exact) mass is 608 g/mol. The molecular formula is C30H36N6O8. The van der Waals surface area contributed by atoms with Crippen LogP contribution in [0.2, 0.25) is 0 Å². The molecule has 44 heavy (non-hydrogen) atoms. The molecule has 1 aliphatic rings. The van der Waals surface area contributed by atoms with Crippen LogP contribution >= 0.6 is 0 Å². The van der Waals surface area contributed by atoms with Crippen LogP contribution in [0, 0.1) is 11.3 Å². The van der Waals surface area contributed by atoms with Crippen LogP contribution in [0.1, 0.15) is 50.3 Å². The van der Waals surface area contributed by atoms with E-state index in [-0.39, 0.29) is 24.7 Å². The molecule has 234 valence electrons. The van der Waals surface area contributed by atoms with E-state index in [1.165, 1.54) is 24.0 Å². The summed E-state index contributed by atoms with van der Waals surface area (Å²) in [6, 6.07) is 11.3. The van der Waals surface area contributed by atoms with Crippen molar-refractivity contribution in [2.75, 3.05) is 6.54 Å². The first-order chi connectivity index (χ1) is 20.6. The molecule has 3 atom stereocenters. The molecule has 5 amide bonds. The van der Waals surface area contributed by atoms with E-state index >= 15 is 0 Å². The summed E-state index contributed by atoms with van der Waals surface area (Å²) >= 11 is 0. The second-order valence-corrected chi connectivity index (χ2v) is 11.1. The Bertz CT molecular complexity index is 1450. The van der Waals surface area contributed by atoms with Crippen LogP contribution < -0.4 is 16.4 Å². The van der Waals surface area contributed by atoms with Crippen molar-refractivity contribution in [3.8, 4) is 0 Å². The van der Waals surface area contributed by atoms with E-state index < -0.39 is 66.3 Å².